The molecule has 6 nitrogen and oxygen atoms in total. The Morgan fingerprint density at radius 1 is 1.00 bits per heavy atom. The van der Waals surface area contributed by atoms with Gasteiger partial charge >= 0.3 is 5.97 Å². The lowest BCUT2D eigenvalue weighted by atomic mass is 10.2. The molecule has 0 aliphatic rings. The van der Waals surface area contributed by atoms with Gasteiger partial charge in [0.15, 0.2) is 5.82 Å². The van der Waals surface area contributed by atoms with Crippen molar-refractivity contribution in [1.29, 1.82) is 0 Å². The van der Waals surface area contributed by atoms with E-state index in [4.69, 9.17) is 4.74 Å². The van der Waals surface area contributed by atoms with E-state index in [0.29, 0.717) is 5.82 Å². The summed E-state index contributed by atoms with van der Waals surface area (Å²) in [6, 6.07) is 19.0. The minimum absolute atomic E-state index is 0.0237. The number of hydrogen-bond donors (Lipinski definition) is 0. The first-order chi connectivity index (χ1) is 10.8. The highest BCUT2D eigenvalue weighted by Gasteiger charge is 2.13. The summed E-state index contributed by atoms with van der Waals surface area (Å²) in [4.78, 5) is 11.9. The summed E-state index contributed by atoms with van der Waals surface area (Å²) in [5.74, 6) is 0.158. The van der Waals surface area contributed by atoms with Crippen molar-refractivity contribution in [3.05, 3.63) is 66.2 Å². The number of carbonyl (C=O) groups excluding carboxylic acids is 1. The third-order valence-electron chi connectivity index (χ3n) is 3.09. The average Bonchev–Trinajstić information content (AvgIpc) is 3.03. The zero-order chi connectivity index (χ0) is 15.2. The molecule has 0 unspecified atom stereocenters. The minimum atomic E-state index is -0.381. The molecule has 110 valence electrons. The highest BCUT2D eigenvalue weighted by molar-refractivity contribution is 5.70. The Bertz CT molecular complexity index is 741. The maximum absolute atomic E-state index is 11.9. The molecule has 0 aliphatic carbocycles. The third kappa shape index (κ3) is 3.35. The van der Waals surface area contributed by atoms with Crippen molar-refractivity contribution in [3.63, 3.8) is 0 Å². The van der Waals surface area contributed by atoms with Crippen LogP contribution in [0, 0.1) is 0 Å². The molecule has 1 heterocycles. The molecular formula is C16H14N4O2. The van der Waals surface area contributed by atoms with E-state index in [9.17, 15) is 4.79 Å². The predicted molar refractivity (Wildman–Crippen MR) is 79.5 cm³/mol. The molecule has 0 N–H and O–H groups in total. The molecule has 0 radical (unpaired) electrons. The van der Waals surface area contributed by atoms with Gasteiger partial charge in [0, 0.05) is 5.56 Å². The smallest absolute Gasteiger partial charge is 0.328 e. The summed E-state index contributed by atoms with van der Waals surface area (Å²) in [6.07, 6.45) is 0. The van der Waals surface area contributed by atoms with Gasteiger partial charge < -0.3 is 4.74 Å². The van der Waals surface area contributed by atoms with Gasteiger partial charge in [-0.1, -0.05) is 60.7 Å². The van der Waals surface area contributed by atoms with Gasteiger partial charge in [-0.2, -0.15) is 0 Å². The molecule has 3 aromatic rings. The molecule has 0 saturated heterocycles. The Hall–Kier alpha value is -3.02. The van der Waals surface area contributed by atoms with Crippen LogP contribution in [0.5, 0.6) is 0 Å². The van der Waals surface area contributed by atoms with E-state index in [0.717, 1.165) is 11.1 Å². The topological polar surface area (TPSA) is 69.9 Å². The molecule has 1 aromatic heterocycles. The van der Waals surface area contributed by atoms with Gasteiger partial charge in [0.2, 0.25) is 0 Å². The van der Waals surface area contributed by atoms with E-state index in [-0.39, 0.29) is 19.1 Å². The Morgan fingerprint density at radius 3 is 2.41 bits per heavy atom. The lowest BCUT2D eigenvalue weighted by molar-refractivity contribution is -0.145. The molecule has 0 atom stereocenters. The third-order valence-corrected chi connectivity index (χ3v) is 3.09. The average molecular weight is 294 g/mol. The number of ether oxygens (including phenoxy) is 1. The van der Waals surface area contributed by atoms with E-state index in [1.807, 2.05) is 60.7 Å². The van der Waals surface area contributed by atoms with Crippen LogP contribution >= 0.6 is 0 Å². The number of carbonyl (C=O) groups is 1. The highest BCUT2D eigenvalue weighted by Crippen LogP contribution is 2.14. The van der Waals surface area contributed by atoms with E-state index in [1.54, 1.807) is 0 Å². The number of nitrogens with zero attached hydrogens (tertiary/aromatic N) is 4. The number of rotatable bonds is 5. The fourth-order valence-corrected chi connectivity index (χ4v) is 2.01. The van der Waals surface area contributed by atoms with E-state index in [1.165, 1.54) is 4.68 Å². The maximum atomic E-state index is 11.9. The van der Waals surface area contributed by atoms with Gasteiger partial charge in [-0.05, 0) is 16.0 Å². The molecule has 0 spiro atoms. The summed E-state index contributed by atoms with van der Waals surface area (Å²) in [5, 5.41) is 11.4. The lowest BCUT2D eigenvalue weighted by Crippen LogP contribution is -2.15. The fraction of sp³-hybridized carbons (Fsp3) is 0.125. The molecule has 0 aliphatic heterocycles. The quantitative estimate of drug-likeness (QED) is 0.674. The first-order valence-corrected chi connectivity index (χ1v) is 6.84. The zero-order valence-corrected chi connectivity index (χ0v) is 11.8. The van der Waals surface area contributed by atoms with Gasteiger partial charge in [0.1, 0.15) is 13.2 Å². The van der Waals surface area contributed by atoms with Crippen LogP contribution in [0.1, 0.15) is 5.56 Å². The normalized spacial score (nSPS) is 10.4. The van der Waals surface area contributed by atoms with Crippen LogP contribution in [0.3, 0.4) is 0 Å². The maximum Gasteiger partial charge on any atom is 0.328 e. The number of tetrazole rings is 1. The number of benzene rings is 2. The molecule has 3 rings (SSSR count). The second kappa shape index (κ2) is 6.62. The monoisotopic (exact) mass is 294 g/mol. The molecule has 2 aromatic carbocycles. The van der Waals surface area contributed by atoms with Crippen molar-refractivity contribution in [2.45, 2.75) is 13.2 Å². The van der Waals surface area contributed by atoms with Gasteiger partial charge in [-0.25, -0.2) is 4.68 Å². The molecule has 0 amide bonds. The molecular weight excluding hydrogens is 280 g/mol. The van der Waals surface area contributed by atoms with E-state index >= 15 is 0 Å². The molecule has 0 bridgehead atoms. The van der Waals surface area contributed by atoms with Crippen molar-refractivity contribution in [1.82, 2.24) is 20.2 Å². The van der Waals surface area contributed by atoms with Crippen LogP contribution in [0.2, 0.25) is 0 Å². The van der Waals surface area contributed by atoms with Crippen LogP contribution in [-0.2, 0) is 22.7 Å². The summed E-state index contributed by atoms with van der Waals surface area (Å²) < 4.78 is 6.67. The Morgan fingerprint density at radius 2 is 1.68 bits per heavy atom. The first-order valence-electron chi connectivity index (χ1n) is 6.84. The van der Waals surface area contributed by atoms with Crippen LogP contribution in [-0.4, -0.2) is 26.2 Å². The minimum Gasteiger partial charge on any atom is -0.459 e. The number of hydrogen-bond acceptors (Lipinski definition) is 5. The van der Waals surface area contributed by atoms with Gasteiger partial charge in [0.25, 0.3) is 0 Å². The Balaban J connectivity index is 1.64. The van der Waals surface area contributed by atoms with Crippen LogP contribution < -0.4 is 0 Å². The Kier molecular flexibility index (Phi) is 4.20. The SMILES string of the molecule is O=C(Cn1nnnc1-c1ccccc1)OCc1ccccc1. The fourth-order valence-electron chi connectivity index (χ4n) is 2.01. The summed E-state index contributed by atoms with van der Waals surface area (Å²) in [7, 11) is 0. The number of aromatic nitrogens is 4. The number of esters is 1. The van der Waals surface area contributed by atoms with Crippen molar-refractivity contribution in [3.8, 4) is 11.4 Å². The van der Waals surface area contributed by atoms with Gasteiger partial charge in [-0.3, -0.25) is 4.79 Å². The van der Waals surface area contributed by atoms with Crippen molar-refractivity contribution in [2.75, 3.05) is 0 Å². The summed E-state index contributed by atoms with van der Waals surface area (Å²) in [6.45, 7) is 0.215. The van der Waals surface area contributed by atoms with Crippen molar-refractivity contribution in [2.24, 2.45) is 0 Å². The Labute approximate surface area is 127 Å². The largest absolute Gasteiger partial charge is 0.459 e. The first kappa shape index (κ1) is 13.9. The van der Waals surface area contributed by atoms with Crippen molar-refractivity contribution < 1.29 is 9.53 Å². The molecule has 22 heavy (non-hydrogen) atoms. The molecule has 0 fully saturated rings. The standard InChI is InChI=1S/C16H14N4O2/c21-15(22-12-13-7-3-1-4-8-13)11-20-16(17-18-19-20)14-9-5-2-6-10-14/h1-10H,11-12H2. The molecule has 6 heteroatoms. The molecule has 0 saturated carbocycles. The van der Waals surface area contributed by atoms with Crippen LogP contribution in [0.4, 0.5) is 0 Å². The second-order valence-corrected chi connectivity index (χ2v) is 4.67. The zero-order valence-electron chi connectivity index (χ0n) is 11.8. The van der Waals surface area contributed by atoms with Crippen molar-refractivity contribution >= 4 is 5.97 Å². The predicted octanol–water partition coefficient (Wildman–Crippen LogP) is 2.08. The van der Waals surface area contributed by atoms with Crippen LogP contribution in [0.25, 0.3) is 11.4 Å². The second-order valence-electron chi connectivity index (χ2n) is 4.67. The van der Waals surface area contributed by atoms with E-state index in [2.05, 4.69) is 15.5 Å². The van der Waals surface area contributed by atoms with E-state index < -0.39 is 0 Å². The van der Waals surface area contributed by atoms with Gasteiger partial charge in [-0.15, -0.1) is 5.10 Å². The van der Waals surface area contributed by atoms with Gasteiger partial charge in [0.05, 0.1) is 0 Å². The summed E-state index contributed by atoms with van der Waals surface area (Å²) >= 11 is 0. The van der Waals surface area contributed by atoms with Crippen LogP contribution in [0.15, 0.2) is 60.7 Å². The summed E-state index contributed by atoms with van der Waals surface area (Å²) in [5.41, 5.74) is 1.79. The highest BCUT2D eigenvalue weighted by atomic mass is 16.5. The lowest BCUT2D eigenvalue weighted by Gasteiger charge is -2.06.